The SMILES string of the molecule is CCC1CN(CCc2cnn(C)c2)CCN1. The summed E-state index contributed by atoms with van der Waals surface area (Å²) in [7, 11) is 1.97. The second-order valence-electron chi connectivity index (χ2n) is 4.63. The average Bonchev–Trinajstić information content (AvgIpc) is 2.73. The van der Waals surface area contributed by atoms with Crippen molar-refractivity contribution in [2.75, 3.05) is 26.2 Å². The van der Waals surface area contributed by atoms with Crippen LogP contribution in [-0.4, -0.2) is 46.9 Å². The molecule has 4 heteroatoms. The van der Waals surface area contributed by atoms with Gasteiger partial charge in [0.1, 0.15) is 0 Å². The number of aryl methyl sites for hydroxylation is 1. The summed E-state index contributed by atoms with van der Waals surface area (Å²) in [6.07, 6.45) is 6.42. The Hall–Kier alpha value is -0.870. The van der Waals surface area contributed by atoms with Gasteiger partial charge in [-0.05, 0) is 18.4 Å². The highest BCUT2D eigenvalue weighted by molar-refractivity contribution is 5.04. The van der Waals surface area contributed by atoms with E-state index in [9.17, 15) is 0 Å². The van der Waals surface area contributed by atoms with Gasteiger partial charge in [-0.2, -0.15) is 5.10 Å². The maximum Gasteiger partial charge on any atom is 0.0522 e. The topological polar surface area (TPSA) is 33.1 Å². The Bertz CT molecular complexity index is 321. The minimum atomic E-state index is 0.683. The molecule has 0 spiro atoms. The molecule has 4 nitrogen and oxygen atoms in total. The van der Waals surface area contributed by atoms with E-state index in [0.717, 1.165) is 19.5 Å². The molecule has 2 heterocycles. The third kappa shape index (κ3) is 3.06. The van der Waals surface area contributed by atoms with E-state index in [1.807, 2.05) is 17.9 Å². The highest BCUT2D eigenvalue weighted by Gasteiger charge is 2.17. The largest absolute Gasteiger partial charge is 0.311 e. The van der Waals surface area contributed by atoms with E-state index in [1.165, 1.54) is 25.1 Å². The first-order valence-corrected chi connectivity index (χ1v) is 6.21. The van der Waals surface area contributed by atoms with Crippen LogP contribution >= 0.6 is 0 Å². The Morgan fingerprint density at radius 2 is 2.44 bits per heavy atom. The average molecular weight is 222 g/mol. The number of nitrogens with one attached hydrogen (secondary N) is 1. The number of piperazine rings is 1. The molecule has 0 saturated carbocycles. The highest BCUT2D eigenvalue weighted by atomic mass is 15.2. The number of hydrogen-bond donors (Lipinski definition) is 1. The van der Waals surface area contributed by atoms with Gasteiger partial charge in [0, 0.05) is 45.5 Å². The van der Waals surface area contributed by atoms with E-state index >= 15 is 0 Å². The van der Waals surface area contributed by atoms with Crippen LogP contribution in [0, 0.1) is 0 Å². The van der Waals surface area contributed by atoms with Crippen LogP contribution in [0.2, 0.25) is 0 Å². The molecule has 1 aromatic heterocycles. The fraction of sp³-hybridized carbons (Fsp3) is 0.750. The molecule has 16 heavy (non-hydrogen) atoms. The van der Waals surface area contributed by atoms with E-state index in [4.69, 9.17) is 0 Å². The van der Waals surface area contributed by atoms with Crippen molar-refractivity contribution in [3.8, 4) is 0 Å². The second-order valence-corrected chi connectivity index (χ2v) is 4.63. The maximum atomic E-state index is 4.20. The van der Waals surface area contributed by atoms with Gasteiger partial charge in [0.15, 0.2) is 0 Å². The van der Waals surface area contributed by atoms with E-state index in [-0.39, 0.29) is 0 Å². The molecule has 1 N–H and O–H groups in total. The van der Waals surface area contributed by atoms with Crippen molar-refractivity contribution >= 4 is 0 Å². The highest BCUT2D eigenvalue weighted by Crippen LogP contribution is 2.05. The van der Waals surface area contributed by atoms with Crippen molar-refractivity contribution < 1.29 is 0 Å². The normalized spacial score (nSPS) is 22.5. The van der Waals surface area contributed by atoms with Gasteiger partial charge in [-0.3, -0.25) is 4.68 Å². The molecule has 1 aliphatic heterocycles. The van der Waals surface area contributed by atoms with E-state index < -0.39 is 0 Å². The lowest BCUT2D eigenvalue weighted by Crippen LogP contribution is -2.50. The smallest absolute Gasteiger partial charge is 0.0522 e. The van der Waals surface area contributed by atoms with Crippen LogP contribution in [0.3, 0.4) is 0 Å². The number of rotatable bonds is 4. The van der Waals surface area contributed by atoms with Crippen molar-refractivity contribution in [2.45, 2.75) is 25.8 Å². The zero-order chi connectivity index (χ0) is 11.4. The second kappa shape index (κ2) is 5.46. The van der Waals surface area contributed by atoms with Crippen molar-refractivity contribution in [2.24, 2.45) is 7.05 Å². The summed E-state index contributed by atoms with van der Waals surface area (Å²) in [4.78, 5) is 2.55. The number of nitrogens with zero attached hydrogens (tertiary/aromatic N) is 3. The van der Waals surface area contributed by atoms with Crippen LogP contribution in [-0.2, 0) is 13.5 Å². The lowest BCUT2D eigenvalue weighted by atomic mass is 10.1. The van der Waals surface area contributed by atoms with Crippen molar-refractivity contribution in [3.05, 3.63) is 18.0 Å². The predicted octanol–water partition coefficient (Wildman–Crippen LogP) is 0.646. The Labute approximate surface area is 97.6 Å². The monoisotopic (exact) mass is 222 g/mol. The fourth-order valence-electron chi connectivity index (χ4n) is 2.26. The zero-order valence-corrected chi connectivity index (χ0v) is 10.3. The molecule has 0 aromatic carbocycles. The Balaban J connectivity index is 1.77. The van der Waals surface area contributed by atoms with E-state index in [1.54, 1.807) is 0 Å². The molecule has 2 rings (SSSR count). The minimum Gasteiger partial charge on any atom is -0.311 e. The standard InChI is InChI=1S/C12H22N4/c1-3-12-10-16(7-5-13-12)6-4-11-8-14-15(2)9-11/h8-9,12-13H,3-7,10H2,1-2H3. The van der Waals surface area contributed by atoms with Gasteiger partial charge in [-0.15, -0.1) is 0 Å². The Morgan fingerprint density at radius 1 is 1.56 bits per heavy atom. The molecule has 0 amide bonds. The van der Waals surface area contributed by atoms with Crippen LogP contribution in [0.4, 0.5) is 0 Å². The quantitative estimate of drug-likeness (QED) is 0.812. The summed E-state index contributed by atoms with van der Waals surface area (Å²) in [5.74, 6) is 0. The maximum absolute atomic E-state index is 4.20. The van der Waals surface area contributed by atoms with Gasteiger partial charge in [0.05, 0.1) is 6.20 Å². The van der Waals surface area contributed by atoms with Crippen LogP contribution in [0.25, 0.3) is 0 Å². The minimum absolute atomic E-state index is 0.683. The van der Waals surface area contributed by atoms with Gasteiger partial charge in [-0.25, -0.2) is 0 Å². The summed E-state index contributed by atoms with van der Waals surface area (Å²) in [5.41, 5.74) is 1.34. The van der Waals surface area contributed by atoms with Crippen LogP contribution in [0.1, 0.15) is 18.9 Å². The van der Waals surface area contributed by atoms with E-state index in [0.29, 0.717) is 6.04 Å². The van der Waals surface area contributed by atoms with Crippen LogP contribution < -0.4 is 5.32 Å². The van der Waals surface area contributed by atoms with Gasteiger partial charge in [0.25, 0.3) is 0 Å². The van der Waals surface area contributed by atoms with Gasteiger partial charge in [-0.1, -0.05) is 6.92 Å². The molecule has 1 aromatic rings. The summed E-state index contributed by atoms with van der Waals surface area (Å²) in [6, 6.07) is 0.683. The van der Waals surface area contributed by atoms with Gasteiger partial charge in [0.2, 0.25) is 0 Å². The zero-order valence-electron chi connectivity index (χ0n) is 10.3. The first-order chi connectivity index (χ1) is 7.78. The lowest BCUT2D eigenvalue weighted by Gasteiger charge is -2.33. The van der Waals surface area contributed by atoms with Crippen molar-refractivity contribution in [1.82, 2.24) is 20.0 Å². The Morgan fingerprint density at radius 3 is 3.12 bits per heavy atom. The number of hydrogen-bond acceptors (Lipinski definition) is 3. The van der Waals surface area contributed by atoms with E-state index in [2.05, 4.69) is 28.4 Å². The summed E-state index contributed by atoms with van der Waals surface area (Å²) in [5, 5.41) is 7.74. The molecule has 1 unspecified atom stereocenters. The molecule has 1 saturated heterocycles. The van der Waals surface area contributed by atoms with Crippen LogP contribution in [0.5, 0.6) is 0 Å². The van der Waals surface area contributed by atoms with Crippen molar-refractivity contribution in [3.63, 3.8) is 0 Å². The Kier molecular flexibility index (Phi) is 3.96. The molecular formula is C12H22N4. The molecule has 0 bridgehead atoms. The molecule has 1 aliphatic rings. The summed E-state index contributed by atoms with van der Waals surface area (Å²) >= 11 is 0. The lowest BCUT2D eigenvalue weighted by molar-refractivity contribution is 0.199. The molecule has 90 valence electrons. The van der Waals surface area contributed by atoms with Crippen LogP contribution in [0.15, 0.2) is 12.4 Å². The third-order valence-electron chi connectivity index (χ3n) is 3.31. The first-order valence-electron chi connectivity index (χ1n) is 6.21. The number of aromatic nitrogens is 2. The molecule has 1 fully saturated rings. The third-order valence-corrected chi connectivity index (χ3v) is 3.31. The molecule has 0 radical (unpaired) electrons. The molecule has 1 atom stereocenters. The first kappa shape index (κ1) is 11.6. The summed E-state index contributed by atoms with van der Waals surface area (Å²) in [6.45, 7) is 6.91. The molecular weight excluding hydrogens is 200 g/mol. The van der Waals surface area contributed by atoms with Gasteiger partial charge >= 0.3 is 0 Å². The fourth-order valence-corrected chi connectivity index (χ4v) is 2.26. The predicted molar refractivity (Wildman–Crippen MR) is 65.4 cm³/mol. The van der Waals surface area contributed by atoms with Gasteiger partial charge < -0.3 is 10.2 Å². The molecule has 0 aliphatic carbocycles. The summed E-state index contributed by atoms with van der Waals surface area (Å²) < 4.78 is 1.88. The van der Waals surface area contributed by atoms with Crippen molar-refractivity contribution in [1.29, 1.82) is 0 Å².